The van der Waals surface area contributed by atoms with Gasteiger partial charge in [-0.05, 0) is 30.7 Å². The van der Waals surface area contributed by atoms with Crippen LogP contribution in [-0.4, -0.2) is 17.2 Å². The maximum absolute atomic E-state index is 13.9. The molecule has 0 radical (unpaired) electrons. The first kappa shape index (κ1) is 13.3. The lowest BCUT2D eigenvalue weighted by Crippen LogP contribution is -2.09. The molecule has 100 valence electrons. The van der Waals surface area contributed by atoms with Crippen LogP contribution in [0.2, 0.25) is 0 Å². The first-order chi connectivity index (χ1) is 9.04. The highest BCUT2D eigenvalue weighted by Crippen LogP contribution is 2.34. The van der Waals surface area contributed by atoms with E-state index < -0.39 is 11.9 Å². The van der Waals surface area contributed by atoms with Crippen molar-refractivity contribution in [3.63, 3.8) is 0 Å². The monoisotopic (exact) mass is 262 g/mol. The minimum absolute atomic E-state index is 0.0594. The van der Waals surface area contributed by atoms with Crippen molar-refractivity contribution in [3.8, 4) is 5.75 Å². The second-order valence-electron chi connectivity index (χ2n) is 4.25. The number of rotatable bonds is 3. The predicted octanol–water partition coefficient (Wildman–Crippen LogP) is 2.20. The highest BCUT2D eigenvalue weighted by Gasteiger charge is 2.22. The Kier molecular flexibility index (Phi) is 3.66. The van der Waals surface area contributed by atoms with Crippen LogP contribution in [0.3, 0.4) is 0 Å². The third-order valence-electron chi connectivity index (χ3n) is 2.89. The number of aliphatic hydroxyl groups is 1. The highest BCUT2D eigenvalue weighted by molar-refractivity contribution is 5.49. The smallest absolute Gasteiger partial charge is 0.133 e. The van der Waals surface area contributed by atoms with Gasteiger partial charge in [0.1, 0.15) is 23.5 Å². The molecule has 4 nitrogen and oxygen atoms in total. The van der Waals surface area contributed by atoms with E-state index in [0.717, 1.165) is 5.56 Å². The van der Waals surface area contributed by atoms with Gasteiger partial charge in [-0.2, -0.15) is 0 Å². The fraction of sp³-hybridized carbons (Fsp3) is 0.214. The van der Waals surface area contributed by atoms with Crippen molar-refractivity contribution in [2.45, 2.75) is 13.0 Å². The van der Waals surface area contributed by atoms with Gasteiger partial charge in [-0.1, -0.05) is 6.07 Å². The van der Waals surface area contributed by atoms with Crippen molar-refractivity contribution in [1.82, 2.24) is 4.98 Å². The van der Waals surface area contributed by atoms with Crippen LogP contribution >= 0.6 is 0 Å². The van der Waals surface area contributed by atoms with Crippen LogP contribution in [-0.2, 0) is 0 Å². The van der Waals surface area contributed by atoms with E-state index in [0.29, 0.717) is 5.56 Å². The summed E-state index contributed by atoms with van der Waals surface area (Å²) in [6.07, 6.45) is 0.369. The number of anilines is 1. The van der Waals surface area contributed by atoms with Gasteiger partial charge in [-0.15, -0.1) is 0 Å². The number of halogens is 1. The van der Waals surface area contributed by atoms with Gasteiger partial charge in [0.05, 0.1) is 12.7 Å². The predicted molar refractivity (Wildman–Crippen MR) is 70.4 cm³/mol. The number of nitrogens with two attached hydrogens (primary N) is 1. The normalized spacial score (nSPS) is 12.2. The van der Waals surface area contributed by atoms with Gasteiger partial charge in [0.2, 0.25) is 0 Å². The van der Waals surface area contributed by atoms with Gasteiger partial charge in [0, 0.05) is 11.8 Å². The van der Waals surface area contributed by atoms with Crippen LogP contribution in [0.5, 0.6) is 5.75 Å². The summed E-state index contributed by atoms with van der Waals surface area (Å²) >= 11 is 0. The van der Waals surface area contributed by atoms with E-state index in [1.807, 2.05) is 6.92 Å². The maximum Gasteiger partial charge on any atom is 0.133 e. The summed E-state index contributed by atoms with van der Waals surface area (Å²) in [5, 5.41) is 10.3. The lowest BCUT2D eigenvalue weighted by atomic mass is 9.99. The molecular weight excluding hydrogens is 247 g/mol. The number of aliphatic hydroxyl groups excluding tert-OH is 1. The number of pyridine rings is 1. The zero-order valence-corrected chi connectivity index (χ0v) is 10.7. The Bertz CT molecular complexity index is 602. The van der Waals surface area contributed by atoms with E-state index in [-0.39, 0.29) is 17.1 Å². The minimum Gasteiger partial charge on any atom is -0.496 e. The van der Waals surface area contributed by atoms with Gasteiger partial charge in [-0.25, -0.2) is 9.37 Å². The van der Waals surface area contributed by atoms with Crippen molar-refractivity contribution in [2.75, 3.05) is 12.8 Å². The fourth-order valence-electron chi connectivity index (χ4n) is 1.94. The number of aromatic nitrogens is 1. The summed E-state index contributed by atoms with van der Waals surface area (Å²) in [5.74, 6) is -0.107. The van der Waals surface area contributed by atoms with Gasteiger partial charge >= 0.3 is 0 Å². The molecule has 1 atom stereocenters. The molecule has 0 amide bonds. The first-order valence-corrected chi connectivity index (χ1v) is 5.77. The maximum atomic E-state index is 13.9. The fourth-order valence-corrected chi connectivity index (χ4v) is 1.94. The van der Waals surface area contributed by atoms with Crippen LogP contribution < -0.4 is 10.5 Å². The van der Waals surface area contributed by atoms with Crippen LogP contribution in [0.15, 0.2) is 30.5 Å². The number of hydrogen-bond acceptors (Lipinski definition) is 4. The molecule has 3 N–H and O–H groups in total. The SMILES string of the molecule is COc1cccc(F)c1C(O)c1cc(C)cnc1N. The number of benzene rings is 1. The Morgan fingerprint density at radius 3 is 2.84 bits per heavy atom. The minimum atomic E-state index is -1.22. The molecule has 0 spiro atoms. The lowest BCUT2D eigenvalue weighted by molar-refractivity contribution is 0.209. The Morgan fingerprint density at radius 2 is 2.16 bits per heavy atom. The Balaban J connectivity index is 2.55. The van der Waals surface area contributed by atoms with E-state index >= 15 is 0 Å². The van der Waals surface area contributed by atoms with Gasteiger partial charge < -0.3 is 15.6 Å². The summed E-state index contributed by atoms with van der Waals surface area (Å²) in [7, 11) is 1.42. The molecular formula is C14H15FN2O2. The van der Waals surface area contributed by atoms with Crippen LogP contribution in [0.25, 0.3) is 0 Å². The van der Waals surface area contributed by atoms with Crippen molar-refractivity contribution < 1.29 is 14.2 Å². The number of nitrogen functional groups attached to an aromatic ring is 1. The topological polar surface area (TPSA) is 68.4 Å². The van der Waals surface area contributed by atoms with Crippen LogP contribution in [0.1, 0.15) is 22.8 Å². The Hall–Kier alpha value is -2.14. The number of nitrogens with zero attached hydrogens (tertiary/aromatic N) is 1. The molecule has 1 unspecified atom stereocenters. The number of hydrogen-bond donors (Lipinski definition) is 2. The van der Waals surface area contributed by atoms with Crippen LogP contribution in [0, 0.1) is 12.7 Å². The van der Waals surface area contributed by atoms with Crippen molar-refractivity contribution in [1.29, 1.82) is 0 Å². The third kappa shape index (κ3) is 2.51. The molecule has 5 heteroatoms. The molecule has 19 heavy (non-hydrogen) atoms. The van der Waals surface area contributed by atoms with Crippen molar-refractivity contribution in [2.24, 2.45) is 0 Å². The molecule has 0 saturated carbocycles. The van der Waals surface area contributed by atoms with E-state index in [1.54, 1.807) is 18.3 Å². The van der Waals surface area contributed by atoms with E-state index in [1.165, 1.54) is 19.2 Å². The molecule has 0 saturated heterocycles. The molecule has 1 aromatic carbocycles. The number of ether oxygens (including phenoxy) is 1. The van der Waals surface area contributed by atoms with Gasteiger partial charge in [0.25, 0.3) is 0 Å². The molecule has 2 rings (SSSR count). The van der Waals surface area contributed by atoms with Crippen molar-refractivity contribution >= 4 is 5.82 Å². The molecule has 1 aromatic heterocycles. The standard InChI is InChI=1S/C14H15FN2O2/c1-8-6-9(14(16)17-7-8)13(18)12-10(15)4-3-5-11(12)19-2/h3-7,13,18H,1-2H3,(H2,16,17). The molecule has 1 heterocycles. The molecule has 0 fully saturated rings. The quantitative estimate of drug-likeness (QED) is 0.889. The second-order valence-corrected chi connectivity index (χ2v) is 4.25. The Morgan fingerprint density at radius 1 is 1.42 bits per heavy atom. The second kappa shape index (κ2) is 5.24. The number of methoxy groups -OCH3 is 1. The highest BCUT2D eigenvalue weighted by atomic mass is 19.1. The van der Waals surface area contributed by atoms with Gasteiger partial charge in [0.15, 0.2) is 0 Å². The lowest BCUT2D eigenvalue weighted by Gasteiger charge is -2.17. The molecule has 0 aliphatic heterocycles. The van der Waals surface area contributed by atoms with E-state index in [4.69, 9.17) is 10.5 Å². The Labute approximate surface area is 110 Å². The average Bonchev–Trinajstić information content (AvgIpc) is 2.40. The van der Waals surface area contributed by atoms with E-state index in [9.17, 15) is 9.50 Å². The van der Waals surface area contributed by atoms with E-state index in [2.05, 4.69) is 4.98 Å². The zero-order chi connectivity index (χ0) is 14.0. The number of aryl methyl sites for hydroxylation is 1. The largest absolute Gasteiger partial charge is 0.496 e. The molecule has 0 aliphatic rings. The molecule has 0 bridgehead atoms. The summed E-state index contributed by atoms with van der Waals surface area (Å²) < 4.78 is 19.0. The van der Waals surface area contributed by atoms with Gasteiger partial charge in [-0.3, -0.25) is 0 Å². The third-order valence-corrected chi connectivity index (χ3v) is 2.89. The summed E-state index contributed by atoms with van der Waals surface area (Å²) in [5.41, 5.74) is 6.99. The summed E-state index contributed by atoms with van der Waals surface area (Å²) in [6.45, 7) is 1.82. The van der Waals surface area contributed by atoms with Crippen molar-refractivity contribution in [3.05, 3.63) is 53.0 Å². The average molecular weight is 262 g/mol. The summed E-state index contributed by atoms with van der Waals surface area (Å²) in [6, 6.07) is 6.04. The summed E-state index contributed by atoms with van der Waals surface area (Å²) in [4.78, 5) is 3.96. The molecule has 2 aromatic rings. The zero-order valence-electron chi connectivity index (χ0n) is 10.7. The molecule has 0 aliphatic carbocycles. The van der Waals surface area contributed by atoms with Crippen LogP contribution in [0.4, 0.5) is 10.2 Å². The first-order valence-electron chi connectivity index (χ1n) is 5.77.